The molecule has 0 radical (unpaired) electrons. The lowest BCUT2D eigenvalue weighted by Crippen LogP contribution is -2.53. The van der Waals surface area contributed by atoms with Gasteiger partial charge in [0, 0.05) is 26.2 Å². The van der Waals surface area contributed by atoms with E-state index in [2.05, 4.69) is 10.4 Å². The van der Waals surface area contributed by atoms with Crippen LogP contribution in [0.5, 0.6) is 0 Å². The number of aromatic nitrogens is 1. The van der Waals surface area contributed by atoms with Gasteiger partial charge in [-0.3, -0.25) is 4.90 Å². The van der Waals surface area contributed by atoms with Crippen LogP contribution in [0.1, 0.15) is 18.2 Å². The Morgan fingerprint density at radius 2 is 1.90 bits per heavy atom. The van der Waals surface area contributed by atoms with E-state index in [0.29, 0.717) is 37.4 Å². The molecule has 1 aromatic rings. The van der Waals surface area contributed by atoms with Crippen LogP contribution in [0.3, 0.4) is 0 Å². The summed E-state index contributed by atoms with van der Waals surface area (Å²) >= 11 is 1.24. The molecule has 0 bridgehead atoms. The van der Waals surface area contributed by atoms with Crippen molar-refractivity contribution in [2.45, 2.75) is 26.1 Å². The highest BCUT2D eigenvalue weighted by molar-refractivity contribution is 7.10. The average Bonchev–Trinajstić information content (AvgIpc) is 2.78. The molecule has 0 N–H and O–H groups in total. The first-order chi connectivity index (χ1) is 9.34. The summed E-state index contributed by atoms with van der Waals surface area (Å²) < 4.78 is 42.1. The van der Waals surface area contributed by atoms with Crippen LogP contribution in [0.25, 0.3) is 0 Å². The zero-order valence-electron chi connectivity index (χ0n) is 11.2. The molecule has 1 saturated heterocycles. The molecule has 1 atom stereocenters. The van der Waals surface area contributed by atoms with Crippen LogP contribution >= 0.6 is 11.5 Å². The summed E-state index contributed by atoms with van der Waals surface area (Å²) in [5.74, 6) is 0. The predicted molar refractivity (Wildman–Crippen MR) is 70.9 cm³/mol. The molecular formula is C12H15F3N4S. The van der Waals surface area contributed by atoms with Gasteiger partial charge in [-0.25, -0.2) is 0 Å². The van der Waals surface area contributed by atoms with Crippen molar-refractivity contribution >= 4 is 16.5 Å². The quantitative estimate of drug-likeness (QED) is 0.841. The number of halogens is 3. The smallest absolute Gasteiger partial charge is 0.359 e. The summed E-state index contributed by atoms with van der Waals surface area (Å²) in [4.78, 5) is 3.37. The van der Waals surface area contributed by atoms with Crippen molar-refractivity contribution in [3.05, 3.63) is 11.3 Å². The summed E-state index contributed by atoms with van der Waals surface area (Å²) in [5.41, 5.74) is 1.21. The highest BCUT2D eigenvalue weighted by Crippen LogP contribution is 2.30. The second kappa shape index (κ2) is 5.58. The third-order valence-electron chi connectivity index (χ3n) is 3.58. The van der Waals surface area contributed by atoms with Crippen molar-refractivity contribution < 1.29 is 13.2 Å². The minimum Gasteiger partial charge on any atom is -0.359 e. The van der Waals surface area contributed by atoms with E-state index in [0.717, 1.165) is 5.00 Å². The van der Waals surface area contributed by atoms with Crippen molar-refractivity contribution in [2.75, 3.05) is 31.1 Å². The zero-order chi connectivity index (χ0) is 14.9. The minimum absolute atomic E-state index is 0.336. The molecule has 0 amide bonds. The van der Waals surface area contributed by atoms with Crippen LogP contribution < -0.4 is 4.90 Å². The molecular weight excluding hydrogens is 289 g/mol. The summed E-state index contributed by atoms with van der Waals surface area (Å²) in [6.07, 6.45) is -4.19. The number of rotatable bonds is 2. The summed E-state index contributed by atoms with van der Waals surface area (Å²) in [6.45, 7) is 4.59. The molecule has 1 aliphatic heterocycles. The van der Waals surface area contributed by atoms with Gasteiger partial charge in [-0.1, -0.05) is 0 Å². The molecule has 8 heteroatoms. The molecule has 110 valence electrons. The number of anilines is 1. The Labute approximate surface area is 119 Å². The number of aryl methyl sites for hydroxylation is 1. The summed E-state index contributed by atoms with van der Waals surface area (Å²) in [5, 5.41) is 9.86. The first kappa shape index (κ1) is 15.1. The Bertz CT molecular complexity index is 512. The van der Waals surface area contributed by atoms with Gasteiger partial charge in [0.05, 0.1) is 5.69 Å². The van der Waals surface area contributed by atoms with Gasteiger partial charge in [0.15, 0.2) is 0 Å². The van der Waals surface area contributed by atoms with Gasteiger partial charge in [-0.2, -0.15) is 22.8 Å². The van der Waals surface area contributed by atoms with E-state index in [1.165, 1.54) is 23.4 Å². The third kappa shape index (κ3) is 2.88. The van der Waals surface area contributed by atoms with Gasteiger partial charge >= 0.3 is 6.18 Å². The molecule has 0 spiro atoms. The maximum atomic E-state index is 12.7. The van der Waals surface area contributed by atoms with E-state index in [1.54, 1.807) is 6.92 Å². The molecule has 1 fully saturated rings. The van der Waals surface area contributed by atoms with Crippen LogP contribution in [0.15, 0.2) is 0 Å². The van der Waals surface area contributed by atoms with Crippen LogP contribution in [0, 0.1) is 18.3 Å². The summed E-state index contributed by atoms with van der Waals surface area (Å²) in [7, 11) is 0. The highest BCUT2D eigenvalue weighted by Gasteiger charge is 2.41. The second-order valence-electron chi connectivity index (χ2n) is 4.80. The summed E-state index contributed by atoms with van der Waals surface area (Å²) in [6, 6.07) is 0.685. The monoisotopic (exact) mass is 304 g/mol. The molecule has 0 aromatic carbocycles. The maximum Gasteiger partial charge on any atom is 0.403 e. The lowest BCUT2D eigenvalue weighted by atomic mass is 10.2. The average molecular weight is 304 g/mol. The van der Waals surface area contributed by atoms with Crippen LogP contribution in [0.4, 0.5) is 18.2 Å². The van der Waals surface area contributed by atoms with E-state index in [9.17, 15) is 13.2 Å². The normalized spacial score (nSPS) is 18.9. The number of nitriles is 1. The Kier molecular flexibility index (Phi) is 4.20. The predicted octanol–water partition coefficient (Wildman–Crippen LogP) is 2.40. The van der Waals surface area contributed by atoms with Gasteiger partial charge in [0.1, 0.15) is 22.7 Å². The van der Waals surface area contributed by atoms with E-state index in [4.69, 9.17) is 5.26 Å². The Hall–Kier alpha value is -1.33. The molecule has 0 saturated carbocycles. The van der Waals surface area contributed by atoms with Crippen molar-refractivity contribution in [2.24, 2.45) is 0 Å². The van der Waals surface area contributed by atoms with E-state index in [1.807, 2.05) is 4.90 Å². The van der Waals surface area contributed by atoms with Crippen molar-refractivity contribution in [1.29, 1.82) is 5.26 Å². The van der Waals surface area contributed by atoms with Gasteiger partial charge in [-0.05, 0) is 25.4 Å². The Morgan fingerprint density at radius 1 is 1.30 bits per heavy atom. The second-order valence-corrected chi connectivity index (χ2v) is 5.55. The van der Waals surface area contributed by atoms with E-state index >= 15 is 0 Å². The van der Waals surface area contributed by atoms with Crippen molar-refractivity contribution in [3.8, 4) is 6.07 Å². The number of hydrogen-bond acceptors (Lipinski definition) is 5. The van der Waals surface area contributed by atoms with E-state index < -0.39 is 12.2 Å². The van der Waals surface area contributed by atoms with Gasteiger partial charge in [0.2, 0.25) is 0 Å². The van der Waals surface area contributed by atoms with Gasteiger partial charge in [-0.15, -0.1) is 0 Å². The highest BCUT2D eigenvalue weighted by atomic mass is 32.1. The fourth-order valence-electron chi connectivity index (χ4n) is 2.22. The molecule has 20 heavy (non-hydrogen) atoms. The molecule has 0 aliphatic carbocycles. The fraction of sp³-hybridized carbons (Fsp3) is 0.667. The standard InChI is InChI=1S/C12H15F3N4S/c1-8-10(7-16)11(20-17-8)19-5-3-18(4-6-19)9(2)12(13,14)15/h9H,3-6H2,1-2H3/t9-/m0/s1. The SMILES string of the molecule is Cc1nsc(N2CCN([C@@H](C)C(F)(F)F)CC2)c1C#N. The molecule has 4 nitrogen and oxygen atoms in total. The first-order valence-corrected chi connectivity index (χ1v) is 7.04. The van der Waals surface area contributed by atoms with Crippen LogP contribution in [-0.4, -0.2) is 47.7 Å². The Balaban J connectivity index is 2.03. The van der Waals surface area contributed by atoms with Gasteiger partial charge < -0.3 is 4.90 Å². The molecule has 2 rings (SSSR count). The molecule has 1 aromatic heterocycles. The van der Waals surface area contributed by atoms with Gasteiger partial charge in [0.25, 0.3) is 0 Å². The lowest BCUT2D eigenvalue weighted by Gasteiger charge is -2.38. The topological polar surface area (TPSA) is 43.2 Å². The minimum atomic E-state index is -4.19. The lowest BCUT2D eigenvalue weighted by molar-refractivity contribution is -0.179. The van der Waals surface area contributed by atoms with E-state index in [-0.39, 0.29) is 0 Å². The Morgan fingerprint density at radius 3 is 2.40 bits per heavy atom. The first-order valence-electron chi connectivity index (χ1n) is 6.26. The van der Waals surface area contributed by atoms with Crippen LogP contribution in [-0.2, 0) is 0 Å². The number of hydrogen-bond donors (Lipinski definition) is 0. The van der Waals surface area contributed by atoms with Crippen molar-refractivity contribution in [1.82, 2.24) is 9.27 Å². The molecule has 0 unspecified atom stereocenters. The fourth-order valence-corrected chi connectivity index (χ4v) is 3.12. The number of piperazine rings is 1. The molecule has 1 aliphatic rings. The number of alkyl halides is 3. The number of nitrogens with zero attached hydrogens (tertiary/aromatic N) is 4. The zero-order valence-corrected chi connectivity index (χ0v) is 12.1. The molecule has 2 heterocycles. The maximum absolute atomic E-state index is 12.7. The van der Waals surface area contributed by atoms with Crippen molar-refractivity contribution in [3.63, 3.8) is 0 Å². The third-order valence-corrected chi connectivity index (χ3v) is 4.58. The largest absolute Gasteiger partial charge is 0.403 e. The van der Waals surface area contributed by atoms with Crippen LogP contribution in [0.2, 0.25) is 0 Å².